The van der Waals surface area contributed by atoms with E-state index in [4.69, 9.17) is 0 Å². The van der Waals surface area contributed by atoms with Crippen LogP contribution in [0, 0.1) is 38.4 Å². The number of carbonyl (C=O) groups is 3. The molecule has 0 radical (unpaired) electrons. The van der Waals surface area contributed by atoms with E-state index in [2.05, 4.69) is 143 Å². The molecule has 0 aromatic carbocycles. The molecule has 118 heavy (non-hydrogen) atoms. The second-order valence-electron chi connectivity index (χ2n) is 43.3. The molecule has 686 valence electrons. The first-order valence-electron chi connectivity index (χ1n) is 53.7. The third kappa shape index (κ3) is 40.8. The van der Waals surface area contributed by atoms with Gasteiger partial charge in [-0.3, -0.25) is 14.4 Å². The minimum atomic E-state index is -0.583. The molecule has 0 aromatic heterocycles. The van der Waals surface area contributed by atoms with Crippen molar-refractivity contribution in [3.8, 4) is 0 Å². The van der Waals surface area contributed by atoms with Gasteiger partial charge in [-0.05, 0) is 104 Å². The normalized spacial score (nSPS) is 15.6. The maximum atomic E-state index is 15.8. The molecule has 1 atom stereocenters. The highest BCUT2D eigenvalue weighted by Crippen LogP contribution is 2.75. The van der Waals surface area contributed by atoms with Gasteiger partial charge in [0.05, 0.1) is 0 Å². The van der Waals surface area contributed by atoms with Crippen LogP contribution in [0.25, 0.3) is 0 Å². The van der Waals surface area contributed by atoms with Gasteiger partial charge in [0.25, 0.3) is 0 Å². The number of unbranched alkanes of at least 4 members (excludes halogenated alkanes) is 60. The van der Waals surface area contributed by atoms with E-state index >= 15 is 14.4 Å². The van der Waals surface area contributed by atoms with Gasteiger partial charge in [-0.2, -0.15) is 0 Å². The predicted octanol–water partition coefficient (Wildman–Crippen LogP) is 39.6. The Bertz CT molecular complexity index is 2670. The van der Waals surface area contributed by atoms with Crippen molar-refractivity contribution in [1.82, 2.24) is 0 Å². The lowest BCUT2D eigenvalue weighted by atomic mass is 9.35. The monoisotopic (exact) mass is 1640 g/mol. The minimum Gasteiger partial charge on any atom is -0.294 e. The molecule has 0 aromatic rings. The molecule has 3 aliphatic rings. The lowest BCUT2D eigenvalue weighted by molar-refractivity contribution is -0.116. The molecular formula is C115H208O3. The summed E-state index contributed by atoms with van der Waals surface area (Å²) in [6.45, 7) is 42.8. The Morgan fingerprint density at radius 1 is 0.229 bits per heavy atom. The molecule has 0 saturated heterocycles. The smallest absolute Gasteiger partial charge is 0.163 e. The van der Waals surface area contributed by atoms with E-state index in [0.29, 0.717) is 42.5 Å². The van der Waals surface area contributed by atoms with Crippen molar-refractivity contribution < 1.29 is 14.4 Å². The van der Waals surface area contributed by atoms with Crippen LogP contribution in [0.4, 0.5) is 0 Å². The molecule has 3 heteroatoms. The van der Waals surface area contributed by atoms with Crippen molar-refractivity contribution in [2.24, 2.45) is 38.4 Å². The third-order valence-electron chi connectivity index (χ3n) is 29.7. The summed E-state index contributed by atoms with van der Waals surface area (Å²) in [5.41, 5.74) is 9.24. The van der Waals surface area contributed by atoms with Crippen LogP contribution in [0.5, 0.6) is 0 Å². The first-order valence-corrected chi connectivity index (χ1v) is 53.7. The molecule has 3 nitrogen and oxygen atoms in total. The van der Waals surface area contributed by atoms with Crippen LogP contribution in [-0.2, 0) is 14.4 Å². The van der Waals surface area contributed by atoms with Crippen LogP contribution >= 0.6 is 0 Å². The van der Waals surface area contributed by atoms with Gasteiger partial charge in [0.1, 0.15) is 0 Å². The summed E-state index contributed by atoms with van der Waals surface area (Å²) < 4.78 is 0. The largest absolute Gasteiger partial charge is 0.294 e. The number of hydrogen-bond donors (Lipinski definition) is 0. The molecule has 3 rings (SSSR count). The van der Waals surface area contributed by atoms with Gasteiger partial charge in [-0.25, -0.2) is 0 Å². The van der Waals surface area contributed by atoms with Crippen LogP contribution in [0.3, 0.4) is 0 Å². The summed E-state index contributed by atoms with van der Waals surface area (Å²) in [5.74, 6) is 1.35. The van der Waals surface area contributed by atoms with E-state index in [-0.39, 0.29) is 27.1 Å². The number of hydrogen-bond acceptors (Lipinski definition) is 3. The maximum absolute atomic E-state index is 15.8. The van der Waals surface area contributed by atoms with E-state index in [0.717, 1.165) is 48.8 Å². The highest BCUT2D eigenvalue weighted by atomic mass is 16.1. The Kier molecular flexibility index (Phi) is 60.5. The van der Waals surface area contributed by atoms with Gasteiger partial charge in [0.15, 0.2) is 17.3 Å². The Morgan fingerprint density at radius 3 is 0.627 bits per heavy atom. The zero-order valence-electron chi connectivity index (χ0n) is 83.6. The highest BCUT2D eigenvalue weighted by molar-refractivity contribution is 6.02. The topological polar surface area (TPSA) is 51.2 Å². The summed E-state index contributed by atoms with van der Waals surface area (Å²) in [6, 6.07) is 0. The Labute approximate surface area is 740 Å². The quantitative estimate of drug-likeness (QED) is 0.0570. The number of Topliss-reactive ketones (excluding diaryl/α,β-unsaturated/α-hetero) is 3. The van der Waals surface area contributed by atoms with Gasteiger partial charge >= 0.3 is 0 Å². The summed E-state index contributed by atoms with van der Waals surface area (Å²) in [5, 5.41) is 0. The van der Waals surface area contributed by atoms with Crippen molar-refractivity contribution in [1.29, 1.82) is 0 Å². The average Bonchev–Trinajstić information content (AvgIpc) is 0.674. The summed E-state index contributed by atoms with van der Waals surface area (Å²) in [6.07, 6.45) is 104. The first-order chi connectivity index (χ1) is 56.9. The Hall–Kier alpha value is -2.55. The van der Waals surface area contributed by atoms with Crippen molar-refractivity contribution in [3.05, 3.63) is 68.4 Å². The van der Waals surface area contributed by atoms with Crippen LogP contribution in [-0.4, -0.2) is 17.3 Å². The van der Waals surface area contributed by atoms with E-state index < -0.39 is 5.41 Å². The molecule has 0 aliphatic heterocycles. The molecule has 0 spiro atoms. The highest BCUT2D eigenvalue weighted by Gasteiger charge is 2.67. The summed E-state index contributed by atoms with van der Waals surface area (Å²) in [7, 11) is 0. The van der Waals surface area contributed by atoms with Crippen LogP contribution in [0.2, 0.25) is 0 Å². The molecule has 1 unspecified atom stereocenters. The molecule has 0 N–H and O–H groups in total. The van der Waals surface area contributed by atoms with E-state index in [1.165, 1.54) is 458 Å². The molecule has 0 fully saturated rings. The Morgan fingerprint density at radius 2 is 0.407 bits per heavy atom. The predicted molar refractivity (Wildman–Crippen MR) is 527 cm³/mol. The fourth-order valence-electron chi connectivity index (χ4n) is 22.8. The maximum Gasteiger partial charge on any atom is 0.163 e. The fraction of sp³-hybridized carbons (Fsp3) is 0.870. The number of carbonyl (C=O) groups excluding carboxylic acids is 3. The zero-order chi connectivity index (χ0) is 86.7. The molecule has 0 bridgehead atoms. The molecular weight excluding hydrogens is 1430 g/mol. The number of ketones is 3. The van der Waals surface area contributed by atoms with Crippen LogP contribution in [0.1, 0.15) is 606 Å². The summed E-state index contributed by atoms with van der Waals surface area (Å²) >= 11 is 0. The van der Waals surface area contributed by atoms with Crippen molar-refractivity contribution in [2.45, 2.75) is 606 Å². The van der Waals surface area contributed by atoms with Crippen LogP contribution < -0.4 is 0 Å². The van der Waals surface area contributed by atoms with Crippen molar-refractivity contribution >= 4 is 17.3 Å². The second kappa shape index (κ2) is 65.1. The fourth-order valence-corrected chi connectivity index (χ4v) is 22.8. The van der Waals surface area contributed by atoms with Crippen molar-refractivity contribution in [2.75, 3.05) is 0 Å². The van der Waals surface area contributed by atoms with Crippen molar-refractivity contribution in [3.63, 3.8) is 0 Å². The minimum absolute atomic E-state index is 0.314. The number of allylic oxidation sites excluding steroid dienone is 12. The van der Waals surface area contributed by atoms with Gasteiger partial charge < -0.3 is 0 Å². The van der Waals surface area contributed by atoms with Gasteiger partial charge in [-0.15, -0.1) is 0 Å². The zero-order valence-corrected chi connectivity index (χ0v) is 83.6. The third-order valence-corrected chi connectivity index (χ3v) is 29.7. The van der Waals surface area contributed by atoms with E-state index in [9.17, 15) is 0 Å². The lowest BCUT2D eigenvalue weighted by Gasteiger charge is -2.67. The first kappa shape index (κ1) is 110. The summed E-state index contributed by atoms with van der Waals surface area (Å²) in [4.78, 5) is 47.2. The van der Waals surface area contributed by atoms with Gasteiger partial charge in [0.2, 0.25) is 0 Å². The van der Waals surface area contributed by atoms with Gasteiger partial charge in [-0.1, -0.05) is 563 Å². The van der Waals surface area contributed by atoms with Gasteiger partial charge in [0, 0.05) is 46.8 Å². The number of rotatable bonds is 78. The SMILES string of the molecule is CCCCCCCCCCCCCC(CCCCCCCCCCCCC)C(CCCCCCCCCCCCC)(C1=C(C)CC(=O)C(C(C)(C)C)=C1)C(CCCCCCCCCCCCC)(CCCCCCCCCCCCC)C(CCCCCCCCCCCCC)(C1=C(C)CC(=O)C(C(C)(C)C)=C1)C1=C(C)CC(=O)C(C(C)(C)C)=C1. The lowest BCUT2D eigenvalue weighted by Crippen LogP contribution is -2.60. The second-order valence-corrected chi connectivity index (χ2v) is 43.3. The molecule has 0 saturated carbocycles. The molecule has 3 aliphatic carbocycles. The van der Waals surface area contributed by atoms with E-state index in [1.54, 1.807) is 5.57 Å². The van der Waals surface area contributed by atoms with Crippen LogP contribution in [0.15, 0.2) is 68.4 Å². The molecule has 0 heterocycles. The average molecular weight is 1640 g/mol. The standard InChI is InChI=1S/C115H208O3/c1-19-25-31-37-43-49-55-61-67-73-79-85-100(86-80-74-68-62-56-50-44-38-32-26-20-2)114(89-83-77-71-65-59-53-47-41-35-29-23-5,101-94-104(110(10,11)12)107(116)91-97(101)7)113(87-81-75-69-63-57-51-45-39-33-27-21-3,88-82-76-70-64-58-52-46-40-34-28-22-4)115(90-84-78-72-66-60-54-48-42-36-30-24-6,102-95-105(111(13,14)15)108(117)92-98(102)8)103-96-106(112(16,17)18)109(118)93-99(103)9/h94-96,100H,19-93H2,1-18H3. The molecule has 0 amide bonds. The Balaban J connectivity index is 2.96. The van der Waals surface area contributed by atoms with E-state index in [1.807, 2.05) is 0 Å².